The molecule has 0 radical (unpaired) electrons. The lowest BCUT2D eigenvalue weighted by Gasteiger charge is -2.12. The molecule has 3 N–H and O–H groups in total. The molecular weight excluding hydrogens is 284 g/mol. The first-order valence-corrected chi connectivity index (χ1v) is 7.85. The summed E-state index contributed by atoms with van der Waals surface area (Å²) in [7, 11) is 0. The SMILES string of the molecule is CC(C)c1ccc(NC(=O)NCC(O)c2ccsc2)cc1. The number of nitrogens with one attached hydrogen (secondary N) is 2. The van der Waals surface area contributed by atoms with Crippen molar-refractivity contribution in [1.29, 1.82) is 0 Å². The second kappa shape index (κ2) is 7.24. The van der Waals surface area contributed by atoms with Crippen molar-refractivity contribution in [3.8, 4) is 0 Å². The first kappa shape index (κ1) is 15.5. The van der Waals surface area contributed by atoms with Gasteiger partial charge in [0, 0.05) is 12.2 Å². The molecule has 1 aromatic carbocycles. The smallest absolute Gasteiger partial charge is 0.319 e. The second-order valence-corrected chi connectivity index (χ2v) is 5.96. The van der Waals surface area contributed by atoms with Crippen LogP contribution < -0.4 is 10.6 Å². The van der Waals surface area contributed by atoms with E-state index in [0.717, 1.165) is 11.3 Å². The Bertz CT molecular complexity index is 564. The van der Waals surface area contributed by atoms with Crippen LogP contribution in [-0.2, 0) is 0 Å². The highest BCUT2D eigenvalue weighted by Crippen LogP contribution is 2.17. The van der Waals surface area contributed by atoms with Gasteiger partial charge in [0.25, 0.3) is 0 Å². The molecule has 112 valence electrons. The van der Waals surface area contributed by atoms with E-state index in [1.54, 1.807) is 0 Å². The van der Waals surface area contributed by atoms with Gasteiger partial charge < -0.3 is 15.7 Å². The number of aliphatic hydroxyl groups is 1. The van der Waals surface area contributed by atoms with Crippen LogP contribution in [0.5, 0.6) is 0 Å². The van der Waals surface area contributed by atoms with Crippen LogP contribution in [0.2, 0.25) is 0 Å². The van der Waals surface area contributed by atoms with Gasteiger partial charge in [-0.1, -0.05) is 26.0 Å². The Morgan fingerprint density at radius 2 is 1.90 bits per heavy atom. The highest BCUT2D eigenvalue weighted by atomic mass is 32.1. The van der Waals surface area contributed by atoms with Crippen LogP contribution >= 0.6 is 11.3 Å². The first-order chi connectivity index (χ1) is 10.1. The van der Waals surface area contributed by atoms with Crippen LogP contribution in [0.1, 0.15) is 37.0 Å². The van der Waals surface area contributed by atoms with Gasteiger partial charge in [0.2, 0.25) is 0 Å². The van der Waals surface area contributed by atoms with Gasteiger partial charge in [-0.15, -0.1) is 0 Å². The monoisotopic (exact) mass is 304 g/mol. The van der Waals surface area contributed by atoms with Gasteiger partial charge in [0.05, 0.1) is 6.10 Å². The van der Waals surface area contributed by atoms with Crippen LogP contribution in [-0.4, -0.2) is 17.7 Å². The zero-order valence-electron chi connectivity index (χ0n) is 12.2. The van der Waals surface area contributed by atoms with E-state index in [1.807, 2.05) is 41.1 Å². The Labute approximate surface area is 128 Å². The average Bonchev–Trinajstić information content (AvgIpc) is 2.99. The Morgan fingerprint density at radius 3 is 2.48 bits per heavy atom. The summed E-state index contributed by atoms with van der Waals surface area (Å²) in [5.41, 5.74) is 2.79. The number of aliphatic hydroxyl groups excluding tert-OH is 1. The van der Waals surface area contributed by atoms with Crippen molar-refractivity contribution < 1.29 is 9.90 Å². The maximum absolute atomic E-state index is 11.8. The molecule has 0 saturated carbocycles. The molecule has 1 aromatic heterocycles. The summed E-state index contributed by atoms with van der Waals surface area (Å²) in [6.45, 7) is 4.44. The molecule has 2 amide bonds. The Morgan fingerprint density at radius 1 is 1.19 bits per heavy atom. The third-order valence-electron chi connectivity index (χ3n) is 3.22. The molecule has 2 aromatic rings. The van der Waals surface area contributed by atoms with E-state index in [4.69, 9.17) is 0 Å². The summed E-state index contributed by atoms with van der Waals surface area (Å²) in [6, 6.07) is 9.29. The maximum Gasteiger partial charge on any atom is 0.319 e. The van der Waals surface area contributed by atoms with Crippen LogP contribution in [0.3, 0.4) is 0 Å². The second-order valence-electron chi connectivity index (χ2n) is 5.18. The molecule has 2 rings (SSSR count). The number of hydrogen-bond donors (Lipinski definition) is 3. The summed E-state index contributed by atoms with van der Waals surface area (Å²) in [5.74, 6) is 0.466. The molecule has 1 unspecified atom stereocenters. The lowest BCUT2D eigenvalue weighted by molar-refractivity contribution is 0.175. The summed E-state index contributed by atoms with van der Waals surface area (Å²) in [6.07, 6.45) is -0.676. The summed E-state index contributed by atoms with van der Waals surface area (Å²) in [5, 5.41) is 19.1. The highest BCUT2D eigenvalue weighted by molar-refractivity contribution is 7.07. The molecule has 0 spiro atoms. The molecule has 21 heavy (non-hydrogen) atoms. The van der Waals surface area contributed by atoms with Gasteiger partial charge in [-0.05, 0) is 46.0 Å². The molecule has 1 atom stereocenters. The molecule has 0 fully saturated rings. The number of rotatable bonds is 5. The molecule has 0 bridgehead atoms. The largest absolute Gasteiger partial charge is 0.387 e. The summed E-state index contributed by atoms with van der Waals surface area (Å²) < 4.78 is 0. The zero-order valence-corrected chi connectivity index (χ0v) is 13.0. The van der Waals surface area contributed by atoms with Crippen LogP contribution in [0.15, 0.2) is 41.1 Å². The zero-order chi connectivity index (χ0) is 15.2. The molecule has 1 heterocycles. The van der Waals surface area contributed by atoms with Crippen molar-refractivity contribution in [2.45, 2.75) is 25.9 Å². The average molecular weight is 304 g/mol. The first-order valence-electron chi connectivity index (χ1n) is 6.91. The quantitative estimate of drug-likeness (QED) is 0.788. The van der Waals surface area contributed by atoms with Gasteiger partial charge in [-0.25, -0.2) is 4.79 Å². The normalized spacial score (nSPS) is 12.2. The molecule has 4 nitrogen and oxygen atoms in total. The minimum Gasteiger partial charge on any atom is -0.387 e. The molecular formula is C16H20N2O2S. The number of anilines is 1. The van der Waals surface area contributed by atoms with E-state index in [-0.39, 0.29) is 12.6 Å². The predicted molar refractivity (Wildman–Crippen MR) is 86.8 cm³/mol. The number of carbonyl (C=O) groups is 1. The summed E-state index contributed by atoms with van der Waals surface area (Å²) >= 11 is 1.52. The Kier molecular flexibility index (Phi) is 5.36. The van der Waals surface area contributed by atoms with Crippen LogP contribution in [0.4, 0.5) is 10.5 Å². The topological polar surface area (TPSA) is 61.4 Å². The fourth-order valence-electron chi connectivity index (χ4n) is 1.90. The minimum atomic E-state index is -0.676. The highest BCUT2D eigenvalue weighted by Gasteiger charge is 2.09. The molecule has 0 aliphatic heterocycles. The predicted octanol–water partition coefficient (Wildman–Crippen LogP) is 3.73. The number of benzene rings is 1. The van der Waals surface area contributed by atoms with E-state index < -0.39 is 6.10 Å². The lowest BCUT2D eigenvalue weighted by atomic mass is 10.0. The molecule has 0 aliphatic carbocycles. The van der Waals surface area contributed by atoms with Gasteiger partial charge in [0.15, 0.2) is 0 Å². The number of thiophene rings is 1. The van der Waals surface area contributed by atoms with E-state index >= 15 is 0 Å². The van der Waals surface area contributed by atoms with Crippen molar-refractivity contribution in [2.24, 2.45) is 0 Å². The number of carbonyl (C=O) groups excluding carboxylic acids is 1. The molecule has 0 saturated heterocycles. The molecule has 0 aliphatic rings. The van der Waals surface area contributed by atoms with Crippen molar-refractivity contribution in [3.05, 3.63) is 52.2 Å². The fourth-order valence-corrected chi connectivity index (χ4v) is 2.61. The van der Waals surface area contributed by atoms with Gasteiger partial charge in [0.1, 0.15) is 0 Å². The van der Waals surface area contributed by atoms with Crippen LogP contribution in [0.25, 0.3) is 0 Å². The van der Waals surface area contributed by atoms with E-state index in [9.17, 15) is 9.90 Å². The number of amides is 2. The Hall–Kier alpha value is -1.85. The third-order valence-corrected chi connectivity index (χ3v) is 3.92. The van der Waals surface area contributed by atoms with E-state index in [2.05, 4.69) is 24.5 Å². The van der Waals surface area contributed by atoms with Gasteiger partial charge >= 0.3 is 6.03 Å². The van der Waals surface area contributed by atoms with Crippen molar-refractivity contribution in [3.63, 3.8) is 0 Å². The van der Waals surface area contributed by atoms with Crippen molar-refractivity contribution in [2.75, 3.05) is 11.9 Å². The molecule has 5 heteroatoms. The van der Waals surface area contributed by atoms with Crippen LogP contribution in [0, 0.1) is 0 Å². The Balaban J connectivity index is 1.81. The van der Waals surface area contributed by atoms with E-state index in [0.29, 0.717) is 5.92 Å². The third kappa shape index (κ3) is 4.58. The van der Waals surface area contributed by atoms with Crippen molar-refractivity contribution >= 4 is 23.1 Å². The maximum atomic E-state index is 11.8. The standard InChI is InChI=1S/C16H20N2O2S/c1-11(2)12-3-5-14(6-4-12)18-16(20)17-9-15(19)13-7-8-21-10-13/h3-8,10-11,15,19H,9H2,1-2H3,(H2,17,18,20). The fraction of sp³-hybridized carbons (Fsp3) is 0.312. The number of hydrogen-bond acceptors (Lipinski definition) is 3. The number of urea groups is 1. The van der Waals surface area contributed by atoms with E-state index in [1.165, 1.54) is 16.9 Å². The van der Waals surface area contributed by atoms with Crippen molar-refractivity contribution in [1.82, 2.24) is 5.32 Å². The minimum absolute atomic E-state index is 0.187. The lowest BCUT2D eigenvalue weighted by Crippen LogP contribution is -2.32. The van der Waals surface area contributed by atoms with Gasteiger partial charge in [-0.3, -0.25) is 0 Å². The summed E-state index contributed by atoms with van der Waals surface area (Å²) in [4.78, 5) is 11.8. The van der Waals surface area contributed by atoms with Gasteiger partial charge in [-0.2, -0.15) is 11.3 Å².